The molecule has 5 nitrogen and oxygen atoms in total. The Balaban J connectivity index is 2.15. The van der Waals surface area contributed by atoms with E-state index in [1.165, 1.54) is 26.4 Å². The summed E-state index contributed by atoms with van der Waals surface area (Å²) in [5, 5.41) is 2.62. The zero-order chi connectivity index (χ0) is 18.2. The minimum atomic E-state index is -0.944. The normalized spacial score (nSPS) is 12.9. The zero-order valence-electron chi connectivity index (χ0n) is 14.1. The summed E-state index contributed by atoms with van der Waals surface area (Å²) in [6, 6.07) is 13.8. The fourth-order valence-corrected chi connectivity index (χ4v) is 2.50. The van der Waals surface area contributed by atoms with E-state index in [2.05, 4.69) is 5.32 Å². The highest BCUT2D eigenvalue weighted by atomic mass is 19.1. The number of benzene rings is 2. The van der Waals surface area contributed by atoms with Crippen LogP contribution < -0.4 is 5.32 Å². The summed E-state index contributed by atoms with van der Waals surface area (Å²) in [5.74, 6) is -1.49. The lowest BCUT2D eigenvalue weighted by Gasteiger charge is -2.21. The molecule has 0 bridgehead atoms. The van der Waals surface area contributed by atoms with Gasteiger partial charge in [0.1, 0.15) is 11.9 Å². The lowest BCUT2D eigenvalue weighted by Crippen LogP contribution is -2.45. The van der Waals surface area contributed by atoms with E-state index in [1.54, 1.807) is 36.4 Å². The Morgan fingerprint density at radius 2 is 1.80 bits per heavy atom. The molecule has 0 radical (unpaired) electrons. The largest absolute Gasteiger partial charge is 0.467 e. The Labute approximate surface area is 145 Å². The van der Waals surface area contributed by atoms with E-state index in [9.17, 15) is 14.0 Å². The Morgan fingerprint density at radius 3 is 2.40 bits per heavy atom. The summed E-state index contributed by atoms with van der Waals surface area (Å²) in [5.41, 5.74) is 1.24. The van der Waals surface area contributed by atoms with E-state index >= 15 is 0 Å². The standard InChI is InChI=1S/C19H20FNO4/c1-24-17(14-8-4-3-5-9-14)18(22)21-16(19(23)25-2)12-13-7-6-10-15(20)11-13/h3-11,16-17H,12H2,1-2H3,(H,21,22)/t16-,17-/m0/s1. The predicted molar refractivity (Wildman–Crippen MR) is 90.2 cm³/mol. The van der Waals surface area contributed by atoms with Crippen molar-refractivity contribution in [1.82, 2.24) is 5.32 Å². The third kappa shape index (κ3) is 5.12. The van der Waals surface area contributed by atoms with Crippen molar-refractivity contribution < 1.29 is 23.5 Å². The van der Waals surface area contributed by atoms with Gasteiger partial charge < -0.3 is 14.8 Å². The first-order valence-corrected chi connectivity index (χ1v) is 7.75. The molecule has 0 aliphatic carbocycles. The number of carbonyl (C=O) groups excluding carboxylic acids is 2. The molecule has 0 spiro atoms. The van der Waals surface area contributed by atoms with Gasteiger partial charge in [0.15, 0.2) is 6.10 Å². The van der Waals surface area contributed by atoms with Gasteiger partial charge >= 0.3 is 5.97 Å². The van der Waals surface area contributed by atoms with Crippen LogP contribution in [0.4, 0.5) is 4.39 Å². The Hall–Kier alpha value is -2.73. The quantitative estimate of drug-likeness (QED) is 0.783. The van der Waals surface area contributed by atoms with Crippen LogP contribution in [0.2, 0.25) is 0 Å². The highest BCUT2D eigenvalue weighted by Crippen LogP contribution is 2.17. The average Bonchev–Trinajstić information content (AvgIpc) is 2.62. The number of ether oxygens (including phenoxy) is 2. The Kier molecular flexibility index (Phi) is 6.65. The fraction of sp³-hybridized carbons (Fsp3) is 0.263. The molecule has 2 aromatic carbocycles. The van der Waals surface area contributed by atoms with Gasteiger partial charge in [-0.1, -0.05) is 42.5 Å². The van der Waals surface area contributed by atoms with Crippen molar-refractivity contribution in [3.63, 3.8) is 0 Å². The molecule has 1 amide bonds. The third-order valence-electron chi connectivity index (χ3n) is 3.71. The molecule has 1 N–H and O–H groups in total. The minimum Gasteiger partial charge on any atom is -0.467 e. The first-order chi connectivity index (χ1) is 12.0. The third-order valence-corrected chi connectivity index (χ3v) is 3.71. The highest BCUT2D eigenvalue weighted by molar-refractivity contribution is 5.87. The van der Waals surface area contributed by atoms with E-state index in [-0.39, 0.29) is 6.42 Å². The molecule has 6 heteroatoms. The first kappa shape index (κ1) is 18.6. The van der Waals surface area contributed by atoms with Gasteiger partial charge in [0.2, 0.25) is 0 Å². The predicted octanol–water partition coefficient (Wildman–Crippen LogP) is 2.41. The maximum atomic E-state index is 13.3. The van der Waals surface area contributed by atoms with Crippen LogP contribution in [-0.4, -0.2) is 32.1 Å². The van der Waals surface area contributed by atoms with E-state index in [0.717, 1.165) is 0 Å². The summed E-state index contributed by atoms with van der Waals surface area (Å²) in [6.07, 6.45) is -0.748. The lowest BCUT2D eigenvalue weighted by molar-refractivity contribution is -0.146. The van der Waals surface area contributed by atoms with Crippen LogP contribution in [0, 0.1) is 5.82 Å². The molecule has 0 aliphatic rings. The fourth-order valence-electron chi connectivity index (χ4n) is 2.50. The number of nitrogens with one attached hydrogen (secondary N) is 1. The van der Waals surface area contributed by atoms with Gasteiger partial charge in [-0.2, -0.15) is 0 Å². The van der Waals surface area contributed by atoms with Crippen LogP contribution >= 0.6 is 0 Å². The first-order valence-electron chi connectivity index (χ1n) is 7.75. The van der Waals surface area contributed by atoms with Gasteiger partial charge in [-0.05, 0) is 23.3 Å². The van der Waals surface area contributed by atoms with Crippen molar-refractivity contribution in [3.05, 3.63) is 71.5 Å². The minimum absolute atomic E-state index is 0.112. The van der Waals surface area contributed by atoms with Gasteiger partial charge in [-0.15, -0.1) is 0 Å². The summed E-state index contributed by atoms with van der Waals surface area (Å²) in [7, 11) is 2.65. The van der Waals surface area contributed by atoms with Crippen LogP contribution in [0.1, 0.15) is 17.2 Å². The second-order valence-corrected chi connectivity index (χ2v) is 5.44. The van der Waals surface area contributed by atoms with Crippen LogP contribution in [-0.2, 0) is 25.5 Å². The van der Waals surface area contributed by atoms with Gasteiger partial charge in [0.05, 0.1) is 7.11 Å². The number of rotatable bonds is 7. The molecule has 0 unspecified atom stereocenters. The van der Waals surface area contributed by atoms with E-state index < -0.39 is 29.8 Å². The van der Waals surface area contributed by atoms with E-state index in [0.29, 0.717) is 11.1 Å². The summed E-state index contributed by atoms with van der Waals surface area (Å²) < 4.78 is 23.3. The molecule has 0 aliphatic heterocycles. The summed E-state index contributed by atoms with van der Waals surface area (Å²) in [6.45, 7) is 0. The molecular weight excluding hydrogens is 325 g/mol. The van der Waals surface area contributed by atoms with Crippen molar-refractivity contribution in [3.8, 4) is 0 Å². The Bertz CT molecular complexity index is 720. The van der Waals surface area contributed by atoms with Crippen molar-refractivity contribution in [1.29, 1.82) is 0 Å². The summed E-state index contributed by atoms with van der Waals surface area (Å²) >= 11 is 0. The second kappa shape index (κ2) is 8.94. The molecule has 2 atom stereocenters. The Morgan fingerprint density at radius 1 is 1.08 bits per heavy atom. The monoisotopic (exact) mass is 345 g/mol. The maximum Gasteiger partial charge on any atom is 0.328 e. The topological polar surface area (TPSA) is 64.6 Å². The van der Waals surface area contributed by atoms with Crippen LogP contribution in [0.5, 0.6) is 0 Å². The second-order valence-electron chi connectivity index (χ2n) is 5.44. The molecule has 0 aromatic heterocycles. The molecule has 25 heavy (non-hydrogen) atoms. The van der Waals surface area contributed by atoms with Crippen LogP contribution in [0.15, 0.2) is 54.6 Å². The van der Waals surface area contributed by atoms with Crippen molar-refractivity contribution in [2.75, 3.05) is 14.2 Å². The molecule has 0 fully saturated rings. The molecule has 0 heterocycles. The van der Waals surface area contributed by atoms with Crippen molar-refractivity contribution >= 4 is 11.9 Å². The van der Waals surface area contributed by atoms with Gasteiger partial charge in [0, 0.05) is 13.5 Å². The van der Waals surface area contributed by atoms with E-state index in [4.69, 9.17) is 9.47 Å². The van der Waals surface area contributed by atoms with Crippen molar-refractivity contribution in [2.45, 2.75) is 18.6 Å². The summed E-state index contributed by atoms with van der Waals surface area (Å²) in [4.78, 5) is 24.6. The number of hydrogen-bond acceptors (Lipinski definition) is 4. The number of hydrogen-bond donors (Lipinski definition) is 1. The molecule has 2 aromatic rings. The molecule has 2 rings (SSSR count). The number of amides is 1. The van der Waals surface area contributed by atoms with Crippen LogP contribution in [0.3, 0.4) is 0 Å². The molecule has 132 valence electrons. The van der Waals surface area contributed by atoms with Gasteiger partial charge in [-0.25, -0.2) is 9.18 Å². The zero-order valence-corrected chi connectivity index (χ0v) is 14.1. The van der Waals surface area contributed by atoms with Gasteiger partial charge in [-0.3, -0.25) is 4.79 Å². The molecule has 0 saturated carbocycles. The molecule has 0 saturated heterocycles. The average molecular weight is 345 g/mol. The molecular formula is C19H20FNO4. The maximum absolute atomic E-state index is 13.3. The highest BCUT2D eigenvalue weighted by Gasteiger charge is 2.27. The number of carbonyl (C=O) groups is 2. The van der Waals surface area contributed by atoms with E-state index in [1.807, 2.05) is 6.07 Å². The SMILES string of the molecule is COC(=O)[C@H](Cc1cccc(F)c1)NC(=O)[C@@H](OC)c1ccccc1. The van der Waals surface area contributed by atoms with Crippen molar-refractivity contribution in [2.24, 2.45) is 0 Å². The number of halogens is 1. The van der Waals surface area contributed by atoms with Crippen LogP contribution in [0.25, 0.3) is 0 Å². The van der Waals surface area contributed by atoms with Gasteiger partial charge in [0.25, 0.3) is 5.91 Å². The number of methoxy groups -OCH3 is 2. The number of esters is 1. The smallest absolute Gasteiger partial charge is 0.328 e. The lowest BCUT2D eigenvalue weighted by atomic mass is 10.0.